The van der Waals surface area contributed by atoms with Crippen LogP contribution in [0.1, 0.15) is 0 Å². The van der Waals surface area contributed by atoms with Crippen molar-refractivity contribution < 1.29 is 14.6 Å². The number of hydrogen-bond acceptors (Lipinski definition) is 3. The molecule has 1 heterocycles. The van der Waals surface area contributed by atoms with Crippen molar-refractivity contribution in [3.05, 3.63) is 12.2 Å². The van der Waals surface area contributed by atoms with Crippen molar-refractivity contribution >= 4 is 5.97 Å². The smallest absolute Gasteiger partial charge is 0.323 e. The Hall–Kier alpha value is -0.870. The van der Waals surface area contributed by atoms with Gasteiger partial charge in [0.1, 0.15) is 12.1 Å². The molecule has 0 bridgehead atoms. The fourth-order valence-corrected chi connectivity index (χ4v) is 0.776. The number of carboxylic acids is 1. The molecule has 0 aromatic heterocycles. The van der Waals surface area contributed by atoms with Crippen LogP contribution in [0.4, 0.5) is 0 Å². The number of carboxylic acid groups (broad SMARTS) is 1. The van der Waals surface area contributed by atoms with Gasteiger partial charge in [-0.05, 0) is 0 Å². The Labute approximate surface area is 58.3 Å². The van der Waals surface area contributed by atoms with E-state index >= 15 is 0 Å². The lowest BCUT2D eigenvalue weighted by Crippen LogP contribution is -2.40. The number of aliphatic carboxylic acids is 1. The van der Waals surface area contributed by atoms with Gasteiger partial charge in [0.05, 0.1) is 6.61 Å². The Morgan fingerprint density at radius 2 is 2.60 bits per heavy atom. The molecule has 0 saturated carbocycles. The van der Waals surface area contributed by atoms with Crippen LogP contribution in [-0.2, 0) is 9.53 Å². The molecule has 1 rings (SSSR count). The van der Waals surface area contributed by atoms with Gasteiger partial charge in [-0.2, -0.15) is 0 Å². The minimum atomic E-state index is -1.03. The van der Waals surface area contributed by atoms with Crippen LogP contribution in [0, 0.1) is 0 Å². The van der Waals surface area contributed by atoms with Crippen molar-refractivity contribution in [1.82, 2.24) is 0 Å². The van der Waals surface area contributed by atoms with Gasteiger partial charge >= 0.3 is 5.97 Å². The molecule has 0 spiro atoms. The van der Waals surface area contributed by atoms with Crippen molar-refractivity contribution in [3.8, 4) is 0 Å². The average Bonchev–Trinajstić information content (AvgIpc) is 2.36. The highest BCUT2D eigenvalue weighted by Crippen LogP contribution is 2.06. The fraction of sp³-hybridized carbons (Fsp3) is 0.500. The summed E-state index contributed by atoms with van der Waals surface area (Å²) in [6.07, 6.45) is 2.98. The maximum atomic E-state index is 10.2. The van der Waals surface area contributed by atoms with Crippen molar-refractivity contribution in [3.63, 3.8) is 0 Å². The first-order valence-corrected chi connectivity index (χ1v) is 2.98. The Bertz CT molecular complexity index is 166. The van der Waals surface area contributed by atoms with E-state index in [1.54, 1.807) is 12.2 Å². The number of nitrogens with two attached hydrogens (primary N) is 1. The van der Waals surface area contributed by atoms with Crippen molar-refractivity contribution in [2.45, 2.75) is 12.1 Å². The predicted molar refractivity (Wildman–Crippen MR) is 34.5 cm³/mol. The van der Waals surface area contributed by atoms with E-state index in [9.17, 15) is 4.79 Å². The summed E-state index contributed by atoms with van der Waals surface area (Å²) in [6, 6.07) is -0.932. The molecule has 0 radical (unpaired) electrons. The number of hydrogen-bond donors (Lipinski definition) is 2. The van der Waals surface area contributed by atoms with Gasteiger partial charge in [-0.3, -0.25) is 4.79 Å². The molecule has 56 valence electrons. The van der Waals surface area contributed by atoms with E-state index in [2.05, 4.69) is 0 Å². The van der Waals surface area contributed by atoms with Gasteiger partial charge < -0.3 is 15.6 Å². The lowest BCUT2D eigenvalue weighted by molar-refractivity contribution is -0.140. The molecule has 0 aliphatic carbocycles. The molecule has 2 atom stereocenters. The zero-order chi connectivity index (χ0) is 7.56. The van der Waals surface area contributed by atoms with Gasteiger partial charge in [-0.15, -0.1) is 0 Å². The molecule has 0 aromatic carbocycles. The largest absolute Gasteiger partial charge is 0.480 e. The van der Waals surface area contributed by atoms with Crippen LogP contribution >= 0.6 is 0 Å². The molecule has 0 unspecified atom stereocenters. The van der Waals surface area contributed by atoms with Gasteiger partial charge in [0.15, 0.2) is 0 Å². The number of carbonyl (C=O) groups is 1. The third-order valence-corrected chi connectivity index (χ3v) is 1.35. The molecule has 0 amide bonds. The Morgan fingerprint density at radius 3 is 3.00 bits per heavy atom. The topological polar surface area (TPSA) is 72.6 Å². The van der Waals surface area contributed by atoms with E-state index in [4.69, 9.17) is 15.6 Å². The van der Waals surface area contributed by atoms with Gasteiger partial charge in [0.2, 0.25) is 0 Å². The van der Waals surface area contributed by atoms with Crippen molar-refractivity contribution in [1.29, 1.82) is 0 Å². The summed E-state index contributed by atoms with van der Waals surface area (Å²) < 4.78 is 4.96. The van der Waals surface area contributed by atoms with Gasteiger partial charge in [-0.25, -0.2) is 0 Å². The molecular formula is C6H9NO3. The Morgan fingerprint density at radius 1 is 1.90 bits per heavy atom. The van der Waals surface area contributed by atoms with E-state index < -0.39 is 18.1 Å². The first-order valence-electron chi connectivity index (χ1n) is 2.98. The van der Waals surface area contributed by atoms with Crippen LogP contribution < -0.4 is 5.73 Å². The monoisotopic (exact) mass is 143 g/mol. The molecule has 0 aromatic rings. The highest BCUT2D eigenvalue weighted by molar-refractivity contribution is 5.74. The van der Waals surface area contributed by atoms with Crippen molar-refractivity contribution in [2.75, 3.05) is 6.61 Å². The number of rotatable bonds is 2. The molecule has 4 heteroatoms. The molecule has 1 aliphatic heterocycles. The highest BCUT2D eigenvalue weighted by Gasteiger charge is 2.24. The summed E-state index contributed by atoms with van der Waals surface area (Å²) in [5.41, 5.74) is 5.25. The van der Waals surface area contributed by atoms with E-state index in [1.165, 1.54) is 0 Å². The molecule has 10 heavy (non-hydrogen) atoms. The lowest BCUT2D eigenvalue weighted by Gasteiger charge is -2.11. The average molecular weight is 143 g/mol. The summed E-state index contributed by atoms with van der Waals surface area (Å²) in [4.78, 5) is 10.2. The third kappa shape index (κ3) is 1.34. The maximum Gasteiger partial charge on any atom is 0.323 e. The van der Waals surface area contributed by atoms with Gasteiger partial charge in [0.25, 0.3) is 0 Å². The molecular weight excluding hydrogens is 134 g/mol. The van der Waals surface area contributed by atoms with Crippen LogP contribution in [0.3, 0.4) is 0 Å². The van der Waals surface area contributed by atoms with Crippen LogP contribution in [0.15, 0.2) is 12.2 Å². The molecule has 4 nitrogen and oxygen atoms in total. The Kier molecular flexibility index (Phi) is 2.03. The van der Waals surface area contributed by atoms with Crippen molar-refractivity contribution in [2.24, 2.45) is 5.73 Å². The summed E-state index contributed by atoms with van der Waals surface area (Å²) >= 11 is 0. The molecule has 1 aliphatic rings. The second-order valence-corrected chi connectivity index (χ2v) is 2.09. The fourth-order valence-electron chi connectivity index (χ4n) is 0.776. The minimum Gasteiger partial charge on any atom is -0.480 e. The van der Waals surface area contributed by atoms with E-state index in [-0.39, 0.29) is 0 Å². The zero-order valence-electron chi connectivity index (χ0n) is 5.36. The summed E-state index contributed by atoms with van der Waals surface area (Å²) in [6.45, 7) is 0.464. The van der Waals surface area contributed by atoms with Crippen LogP contribution in [0.2, 0.25) is 0 Å². The highest BCUT2D eigenvalue weighted by atomic mass is 16.5. The normalized spacial score (nSPS) is 26.7. The van der Waals surface area contributed by atoms with Crippen LogP contribution in [0.5, 0.6) is 0 Å². The second-order valence-electron chi connectivity index (χ2n) is 2.09. The predicted octanol–water partition coefficient (Wildman–Crippen LogP) is -0.647. The minimum absolute atomic E-state index is 0.447. The first kappa shape index (κ1) is 7.24. The van der Waals surface area contributed by atoms with E-state index in [0.717, 1.165) is 0 Å². The number of ether oxygens (including phenoxy) is 1. The Balaban J connectivity index is 2.48. The summed E-state index contributed by atoms with van der Waals surface area (Å²) in [5, 5.41) is 8.40. The van der Waals surface area contributed by atoms with Crippen LogP contribution in [0.25, 0.3) is 0 Å². The second kappa shape index (κ2) is 2.81. The third-order valence-electron chi connectivity index (χ3n) is 1.35. The maximum absolute atomic E-state index is 10.2. The first-order chi connectivity index (χ1) is 4.72. The van der Waals surface area contributed by atoms with E-state index in [0.29, 0.717) is 6.61 Å². The SMILES string of the molecule is N[C@H](C(=O)O)[C@@H]1C=CCO1. The standard InChI is InChI=1S/C6H9NO3/c7-5(6(8)9)4-2-1-3-10-4/h1-2,4-5H,3,7H2,(H,8,9)/t4-,5-/m0/s1. The molecule has 0 fully saturated rings. The molecule has 3 N–H and O–H groups in total. The zero-order valence-corrected chi connectivity index (χ0v) is 5.36. The summed E-state index contributed by atoms with van der Waals surface area (Å²) in [5.74, 6) is -1.03. The molecule has 0 saturated heterocycles. The quantitative estimate of drug-likeness (QED) is 0.504. The summed E-state index contributed by atoms with van der Waals surface area (Å²) in [7, 11) is 0. The lowest BCUT2D eigenvalue weighted by atomic mass is 10.2. The van der Waals surface area contributed by atoms with Gasteiger partial charge in [0, 0.05) is 0 Å². The van der Waals surface area contributed by atoms with Crippen LogP contribution in [-0.4, -0.2) is 29.8 Å². The van der Waals surface area contributed by atoms with E-state index in [1.807, 2.05) is 0 Å². The van der Waals surface area contributed by atoms with Gasteiger partial charge in [-0.1, -0.05) is 12.2 Å².